The second-order valence-electron chi connectivity index (χ2n) is 4.81. The minimum Gasteiger partial charge on any atom is -0.478 e. The van der Waals surface area contributed by atoms with Gasteiger partial charge in [-0.15, -0.1) is 0 Å². The van der Waals surface area contributed by atoms with Crippen molar-refractivity contribution in [3.05, 3.63) is 69.5 Å². The van der Waals surface area contributed by atoms with Crippen LogP contribution in [-0.4, -0.2) is 32.2 Å². The highest BCUT2D eigenvalue weighted by atomic mass is 35.5. The molecule has 0 radical (unpaired) electrons. The fourth-order valence-corrected chi connectivity index (χ4v) is 2.51. The highest BCUT2D eigenvalue weighted by Crippen LogP contribution is 2.21. The minimum atomic E-state index is -1.03. The largest absolute Gasteiger partial charge is 0.478 e. The summed E-state index contributed by atoms with van der Waals surface area (Å²) >= 11 is 11.2. The molecule has 1 aromatic heterocycles. The maximum Gasteiger partial charge on any atom is 0.336 e. The molecule has 3 aromatic rings. The van der Waals surface area contributed by atoms with E-state index in [0.29, 0.717) is 16.4 Å². The Morgan fingerprint density at radius 2 is 2.08 bits per heavy atom. The van der Waals surface area contributed by atoms with Crippen LogP contribution in [0.3, 0.4) is 0 Å². The quantitative estimate of drug-likeness (QED) is 0.548. The molecule has 2 N–H and O–H groups in total. The van der Waals surface area contributed by atoms with Gasteiger partial charge in [-0.25, -0.2) is 9.89 Å². The third-order valence-corrected chi connectivity index (χ3v) is 3.74. The minimum absolute atomic E-state index is 0.153. The van der Waals surface area contributed by atoms with Gasteiger partial charge in [0.15, 0.2) is 5.82 Å². The van der Waals surface area contributed by atoms with Crippen molar-refractivity contribution in [2.45, 2.75) is 0 Å². The van der Waals surface area contributed by atoms with Crippen LogP contribution in [0.2, 0.25) is 5.02 Å². The summed E-state index contributed by atoms with van der Waals surface area (Å²) in [5.74, 6) is -0.547. The first kappa shape index (κ1) is 16.1. The van der Waals surface area contributed by atoms with Gasteiger partial charge in [-0.3, -0.25) is 0 Å². The zero-order valence-corrected chi connectivity index (χ0v) is 13.8. The summed E-state index contributed by atoms with van der Waals surface area (Å²) in [5, 5.41) is 20.9. The van der Waals surface area contributed by atoms with Gasteiger partial charge in [0.05, 0.1) is 11.8 Å². The molecule has 2 aromatic carbocycles. The maximum absolute atomic E-state index is 11.3. The van der Waals surface area contributed by atoms with Gasteiger partial charge in [-0.2, -0.15) is 14.9 Å². The van der Waals surface area contributed by atoms with E-state index in [-0.39, 0.29) is 10.3 Å². The van der Waals surface area contributed by atoms with E-state index in [1.807, 2.05) is 6.07 Å². The summed E-state index contributed by atoms with van der Waals surface area (Å²) < 4.78 is 1.70. The van der Waals surface area contributed by atoms with Crippen LogP contribution in [0.25, 0.3) is 11.4 Å². The third-order valence-electron chi connectivity index (χ3n) is 3.24. The maximum atomic E-state index is 11.3. The summed E-state index contributed by atoms with van der Waals surface area (Å²) in [6.07, 6.45) is 1.43. The Morgan fingerprint density at radius 1 is 1.29 bits per heavy atom. The van der Waals surface area contributed by atoms with E-state index in [0.717, 1.165) is 5.56 Å². The Morgan fingerprint density at radius 3 is 2.83 bits per heavy atom. The van der Waals surface area contributed by atoms with Crippen molar-refractivity contribution in [1.29, 1.82) is 0 Å². The van der Waals surface area contributed by atoms with Gasteiger partial charge in [0.2, 0.25) is 4.77 Å². The highest BCUT2D eigenvalue weighted by Gasteiger charge is 2.10. The van der Waals surface area contributed by atoms with Crippen LogP contribution in [0.4, 0.5) is 0 Å². The van der Waals surface area contributed by atoms with Crippen molar-refractivity contribution in [3.63, 3.8) is 0 Å². The molecule has 0 fully saturated rings. The third kappa shape index (κ3) is 3.27. The number of hydrogen-bond donors (Lipinski definition) is 2. The van der Waals surface area contributed by atoms with Gasteiger partial charge in [0.1, 0.15) is 0 Å². The molecule has 0 aliphatic heterocycles. The van der Waals surface area contributed by atoms with Crippen molar-refractivity contribution in [2.75, 3.05) is 0 Å². The first-order valence-electron chi connectivity index (χ1n) is 6.86. The zero-order chi connectivity index (χ0) is 17.1. The standard InChI is InChI=1S/C16H11ClN4O2S/c17-12-6-3-5-10(8-12)14-19-20-16(24)21(14)18-9-11-4-1-2-7-13(11)15(22)23/h1-9H,(H,20,24)(H,22,23)/b18-9-. The average molecular weight is 359 g/mol. The van der Waals surface area contributed by atoms with Crippen molar-refractivity contribution in [3.8, 4) is 11.4 Å². The van der Waals surface area contributed by atoms with E-state index < -0.39 is 5.97 Å². The molecule has 0 bridgehead atoms. The predicted octanol–water partition coefficient (Wildman–Crippen LogP) is 3.84. The number of benzene rings is 2. The summed E-state index contributed by atoms with van der Waals surface area (Å²) in [4.78, 5) is 11.3. The lowest BCUT2D eigenvalue weighted by Gasteiger charge is -2.02. The second kappa shape index (κ2) is 6.77. The van der Waals surface area contributed by atoms with Gasteiger partial charge in [-0.1, -0.05) is 41.9 Å². The van der Waals surface area contributed by atoms with Gasteiger partial charge in [0.25, 0.3) is 0 Å². The van der Waals surface area contributed by atoms with Crippen LogP contribution in [0, 0.1) is 4.77 Å². The number of carboxylic acid groups (broad SMARTS) is 1. The fraction of sp³-hybridized carbons (Fsp3) is 0. The van der Waals surface area contributed by atoms with Crippen LogP contribution in [0.15, 0.2) is 53.6 Å². The van der Waals surface area contributed by atoms with Crippen LogP contribution in [0.1, 0.15) is 15.9 Å². The smallest absolute Gasteiger partial charge is 0.336 e. The number of aromatic nitrogens is 3. The molecule has 3 rings (SSSR count). The fourth-order valence-electron chi connectivity index (χ4n) is 2.14. The Labute approximate surface area is 147 Å². The summed E-state index contributed by atoms with van der Waals surface area (Å²) in [6.45, 7) is 0. The number of nitrogens with one attached hydrogen (secondary N) is 1. The summed E-state index contributed by atoms with van der Waals surface area (Å²) in [7, 11) is 0. The molecule has 24 heavy (non-hydrogen) atoms. The molecule has 0 saturated heterocycles. The molecule has 120 valence electrons. The van der Waals surface area contributed by atoms with Gasteiger partial charge >= 0.3 is 5.97 Å². The number of H-pyrrole nitrogens is 1. The van der Waals surface area contributed by atoms with Crippen molar-refractivity contribution in [1.82, 2.24) is 14.9 Å². The molecule has 1 heterocycles. The number of hydrogen-bond acceptors (Lipinski definition) is 4. The molecule has 6 nitrogen and oxygen atoms in total. The molecule has 0 aliphatic rings. The molecule has 0 saturated carbocycles. The molecule has 0 spiro atoms. The number of carbonyl (C=O) groups is 1. The molecular weight excluding hydrogens is 348 g/mol. The second-order valence-corrected chi connectivity index (χ2v) is 5.63. The normalized spacial score (nSPS) is 11.0. The van der Waals surface area contributed by atoms with Crippen LogP contribution in [0.5, 0.6) is 0 Å². The van der Waals surface area contributed by atoms with Crippen molar-refractivity contribution < 1.29 is 9.90 Å². The number of carboxylic acids is 1. The Kier molecular flexibility index (Phi) is 4.54. The molecular formula is C16H11ClN4O2S. The molecule has 0 atom stereocenters. The van der Waals surface area contributed by atoms with Gasteiger partial charge in [0, 0.05) is 16.1 Å². The number of halogens is 1. The average Bonchev–Trinajstić information content (AvgIpc) is 2.94. The van der Waals surface area contributed by atoms with Crippen molar-refractivity contribution in [2.24, 2.45) is 5.10 Å². The molecule has 0 aliphatic carbocycles. The summed E-state index contributed by atoms with van der Waals surface area (Å²) in [5.41, 5.74) is 1.35. The Balaban J connectivity index is 2.05. The van der Waals surface area contributed by atoms with Crippen LogP contribution in [-0.2, 0) is 0 Å². The first-order valence-corrected chi connectivity index (χ1v) is 7.65. The van der Waals surface area contributed by atoms with E-state index in [1.54, 1.807) is 36.4 Å². The van der Waals surface area contributed by atoms with E-state index in [2.05, 4.69) is 15.3 Å². The lowest BCUT2D eigenvalue weighted by atomic mass is 10.1. The lowest BCUT2D eigenvalue weighted by molar-refractivity contribution is 0.0697. The predicted molar refractivity (Wildman–Crippen MR) is 94.3 cm³/mol. The van der Waals surface area contributed by atoms with Crippen LogP contribution < -0.4 is 0 Å². The molecule has 8 heteroatoms. The van der Waals surface area contributed by atoms with Crippen LogP contribution >= 0.6 is 23.8 Å². The number of nitrogens with zero attached hydrogens (tertiary/aromatic N) is 3. The zero-order valence-electron chi connectivity index (χ0n) is 12.2. The Hall–Kier alpha value is -2.77. The van der Waals surface area contributed by atoms with E-state index >= 15 is 0 Å². The van der Waals surface area contributed by atoms with E-state index in [4.69, 9.17) is 23.8 Å². The molecule has 0 amide bonds. The monoisotopic (exact) mass is 358 g/mol. The molecule has 0 unspecified atom stereocenters. The topological polar surface area (TPSA) is 83.3 Å². The number of rotatable bonds is 4. The Bertz CT molecular complexity index is 993. The van der Waals surface area contributed by atoms with E-state index in [9.17, 15) is 9.90 Å². The van der Waals surface area contributed by atoms with Crippen molar-refractivity contribution >= 4 is 36.0 Å². The van der Waals surface area contributed by atoms with Gasteiger partial charge in [-0.05, 0) is 30.4 Å². The lowest BCUT2D eigenvalue weighted by Crippen LogP contribution is -2.02. The van der Waals surface area contributed by atoms with Gasteiger partial charge < -0.3 is 5.11 Å². The number of aromatic amines is 1. The summed E-state index contributed by atoms with van der Waals surface area (Å²) in [6, 6.07) is 13.7. The highest BCUT2D eigenvalue weighted by molar-refractivity contribution is 7.71. The SMILES string of the molecule is O=C(O)c1ccccc1/C=N\n1c(-c2cccc(Cl)c2)n[nH]c1=S. The first-order chi connectivity index (χ1) is 11.6. The number of aromatic carboxylic acids is 1. The van der Waals surface area contributed by atoms with E-state index in [1.165, 1.54) is 17.0 Å².